The molecule has 0 saturated heterocycles. The van der Waals surface area contributed by atoms with E-state index in [4.69, 9.17) is 19.1 Å². The largest absolute Gasteiger partial charge is 0.461 e. The van der Waals surface area contributed by atoms with Gasteiger partial charge in [0.25, 0.3) is 0 Å². The van der Waals surface area contributed by atoms with Gasteiger partial charge in [-0.05, 0) is 49.9 Å². The first-order valence-corrected chi connectivity index (χ1v) is 11.1. The molecule has 1 aliphatic rings. The Morgan fingerprint density at radius 2 is 1.76 bits per heavy atom. The SMILES string of the molecule is C.CC(=O)OCc1ccc(CNC2CCC(Nc3nc(N(C)C)c4ccccc4n3)CC2)o1. The predicted octanol–water partition coefficient (Wildman–Crippen LogP) is 4.50. The van der Waals surface area contributed by atoms with Gasteiger partial charge in [0.05, 0.1) is 12.1 Å². The number of fused-ring (bicyclic) bond motifs is 1. The van der Waals surface area contributed by atoms with E-state index in [9.17, 15) is 4.79 Å². The number of anilines is 2. The number of hydrogen-bond acceptors (Lipinski definition) is 8. The second-order valence-corrected chi connectivity index (χ2v) is 8.50. The Labute approximate surface area is 195 Å². The lowest BCUT2D eigenvalue weighted by Gasteiger charge is -2.30. The zero-order valence-electron chi connectivity index (χ0n) is 18.9. The minimum absolute atomic E-state index is 0. The fourth-order valence-corrected chi connectivity index (χ4v) is 4.10. The summed E-state index contributed by atoms with van der Waals surface area (Å²) >= 11 is 0. The maximum absolute atomic E-state index is 10.9. The van der Waals surface area contributed by atoms with Crippen LogP contribution in [0.2, 0.25) is 0 Å². The Hall–Kier alpha value is -3.13. The topological polar surface area (TPSA) is 92.5 Å². The summed E-state index contributed by atoms with van der Waals surface area (Å²) in [6, 6.07) is 12.7. The standard InChI is InChI=1S/C24H31N5O3.CH4/c1-16(30)31-15-20-13-12-19(32-20)14-25-17-8-10-18(11-9-17)26-24-27-22-7-5-4-6-21(22)23(28-24)29(2)3;/h4-7,12-13,17-18,25H,8-11,14-15H2,1-3H3,(H,26,27,28);1H4. The minimum Gasteiger partial charge on any atom is -0.461 e. The Kier molecular flexibility index (Phi) is 8.27. The maximum atomic E-state index is 10.9. The zero-order valence-corrected chi connectivity index (χ0v) is 18.9. The number of esters is 1. The first-order valence-electron chi connectivity index (χ1n) is 11.1. The number of carbonyl (C=O) groups is 1. The number of nitrogens with one attached hydrogen (secondary N) is 2. The Balaban J connectivity index is 0.00000306. The van der Waals surface area contributed by atoms with Crippen LogP contribution in [0.1, 0.15) is 51.6 Å². The molecule has 178 valence electrons. The number of aromatic nitrogens is 2. The van der Waals surface area contributed by atoms with Crippen LogP contribution >= 0.6 is 0 Å². The highest BCUT2D eigenvalue weighted by molar-refractivity contribution is 5.90. The van der Waals surface area contributed by atoms with E-state index in [0.29, 0.717) is 30.3 Å². The molecule has 0 aliphatic heterocycles. The van der Waals surface area contributed by atoms with Crippen molar-refractivity contribution in [3.05, 3.63) is 47.9 Å². The quantitative estimate of drug-likeness (QED) is 0.482. The van der Waals surface area contributed by atoms with Crippen LogP contribution < -0.4 is 15.5 Å². The van der Waals surface area contributed by atoms with Gasteiger partial charge in [0, 0.05) is 38.5 Å². The van der Waals surface area contributed by atoms with Crippen molar-refractivity contribution in [1.82, 2.24) is 15.3 Å². The molecule has 8 nitrogen and oxygen atoms in total. The fourth-order valence-electron chi connectivity index (χ4n) is 4.10. The van der Waals surface area contributed by atoms with Gasteiger partial charge in [-0.2, -0.15) is 4.98 Å². The smallest absolute Gasteiger partial charge is 0.303 e. The summed E-state index contributed by atoms with van der Waals surface area (Å²) in [4.78, 5) is 22.4. The van der Waals surface area contributed by atoms with Gasteiger partial charge in [0.1, 0.15) is 23.9 Å². The van der Waals surface area contributed by atoms with Crippen LogP contribution in [0.25, 0.3) is 10.9 Å². The second-order valence-electron chi connectivity index (χ2n) is 8.50. The lowest BCUT2D eigenvalue weighted by Crippen LogP contribution is -2.36. The van der Waals surface area contributed by atoms with Crippen LogP contribution in [0.5, 0.6) is 0 Å². The highest BCUT2D eigenvalue weighted by Crippen LogP contribution is 2.26. The zero-order chi connectivity index (χ0) is 22.5. The van der Waals surface area contributed by atoms with Crippen molar-refractivity contribution in [2.45, 2.75) is 65.3 Å². The number of para-hydroxylation sites is 1. The van der Waals surface area contributed by atoms with E-state index < -0.39 is 0 Å². The number of nitrogens with zero attached hydrogens (tertiary/aromatic N) is 3. The molecule has 0 unspecified atom stereocenters. The molecule has 0 atom stereocenters. The fraction of sp³-hybridized carbons (Fsp3) is 0.480. The van der Waals surface area contributed by atoms with Gasteiger partial charge in [0.15, 0.2) is 0 Å². The number of ether oxygens (including phenoxy) is 1. The van der Waals surface area contributed by atoms with Gasteiger partial charge in [0.2, 0.25) is 5.95 Å². The minimum atomic E-state index is -0.307. The van der Waals surface area contributed by atoms with Gasteiger partial charge >= 0.3 is 5.97 Å². The molecule has 4 rings (SSSR count). The third-order valence-electron chi connectivity index (χ3n) is 5.77. The Morgan fingerprint density at radius 1 is 1.06 bits per heavy atom. The molecule has 0 spiro atoms. The predicted molar refractivity (Wildman–Crippen MR) is 131 cm³/mol. The molecule has 2 heterocycles. The number of furan rings is 1. The number of benzene rings is 1. The normalized spacial score (nSPS) is 17.9. The molecular weight excluding hydrogens is 418 g/mol. The Bertz CT molecular complexity index is 1060. The highest BCUT2D eigenvalue weighted by Gasteiger charge is 2.22. The van der Waals surface area contributed by atoms with Gasteiger partial charge in [-0.15, -0.1) is 0 Å². The van der Waals surface area contributed by atoms with Crippen molar-refractivity contribution >= 4 is 28.6 Å². The van der Waals surface area contributed by atoms with Crippen LogP contribution in [0.4, 0.5) is 11.8 Å². The molecule has 1 aliphatic carbocycles. The molecule has 2 N–H and O–H groups in total. The van der Waals surface area contributed by atoms with Crippen LogP contribution in [0, 0.1) is 0 Å². The van der Waals surface area contributed by atoms with Crippen molar-refractivity contribution in [2.75, 3.05) is 24.3 Å². The molecule has 0 amide bonds. The molecule has 0 radical (unpaired) electrons. The molecule has 1 fully saturated rings. The van der Waals surface area contributed by atoms with Gasteiger partial charge in [-0.3, -0.25) is 4.79 Å². The van der Waals surface area contributed by atoms with Crippen LogP contribution in [-0.2, 0) is 22.7 Å². The maximum Gasteiger partial charge on any atom is 0.303 e. The summed E-state index contributed by atoms with van der Waals surface area (Å²) in [5, 5.41) is 8.19. The second kappa shape index (κ2) is 11.1. The lowest BCUT2D eigenvalue weighted by molar-refractivity contribution is -0.142. The van der Waals surface area contributed by atoms with Crippen molar-refractivity contribution in [3.8, 4) is 0 Å². The molecule has 33 heavy (non-hydrogen) atoms. The van der Waals surface area contributed by atoms with E-state index in [-0.39, 0.29) is 20.0 Å². The van der Waals surface area contributed by atoms with E-state index in [1.807, 2.05) is 49.3 Å². The van der Waals surface area contributed by atoms with E-state index in [1.165, 1.54) is 6.92 Å². The molecule has 0 bridgehead atoms. The highest BCUT2D eigenvalue weighted by atomic mass is 16.5. The van der Waals surface area contributed by atoms with E-state index in [1.54, 1.807) is 0 Å². The van der Waals surface area contributed by atoms with Crippen molar-refractivity contribution in [2.24, 2.45) is 0 Å². The van der Waals surface area contributed by atoms with Crippen molar-refractivity contribution in [3.63, 3.8) is 0 Å². The van der Waals surface area contributed by atoms with Crippen molar-refractivity contribution in [1.29, 1.82) is 0 Å². The molecule has 3 aromatic rings. The summed E-state index contributed by atoms with van der Waals surface area (Å²) in [5.74, 6) is 2.84. The van der Waals surface area contributed by atoms with Crippen LogP contribution in [0.3, 0.4) is 0 Å². The molecular formula is C25H35N5O3. The van der Waals surface area contributed by atoms with Crippen LogP contribution in [0.15, 0.2) is 40.8 Å². The molecule has 8 heteroatoms. The average Bonchev–Trinajstić information content (AvgIpc) is 3.24. The molecule has 1 saturated carbocycles. The summed E-state index contributed by atoms with van der Waals surface area (Å²) in [7, 11) is 4.02. The van der Waals surface area contributed by atoms with Crippen LogP contribution in [-0.4, -0.2) is 42.1 Å². The van der Waals surface area contributed by atoms with Crippen molar-refractivity contribution < 1.29 is 13.9 Å². The van der Waals surface area contributed by atoms with Gasteiger partial charge in [-0.25, -0.2) is 4.98 Å². The average molecular weight is 454 g/mol. The van der Waals surface area contributed by atoms with E-state index in [2.05, 4.69) is 16.7 Å². The number of rotatable bonds is 8. The number of hydrogen-bond donors (Lipinski definition) is 2. The van der Waals surface area contributed by atoms with E-state index in [0.717, 1.165) is 48.2 Å². The lowest BCUT2D eigenvalue weighted by atomic mass is 9.91. The van der Waals surface area contributed by atoms with Gasteiger partial charge < -0.3 is 24.7 Å². The summed E-state index contributed by atoms with van der Waals surface area (Å²) in [5.41, 5.74) is 0.954. The summed E-state index contributed by atoms with van der Waals surface area (Å²) < 4.78 is 10.7. The molecule has 1 aromatic carbocycles. The number of carbonyl (C=O) groups excluding carboxylic acids is 1. The monoisotopic (exact) mass is 453 g/mol. The summed E-state index contributed by atoms with van der Waals surface area (Å²) in [6.45, 7) is 2.24. The van der Waals surface area contributed by atoms with E-state index >= 15 is 0 Å². The first kappa shape index (κ1) is 24.5. The molecule has 2 aromatic heterocycles. The third kappa shape index (κ3) is 6.44. The Morgan fingerprint density at radius 3 is 2.48 bits per heavy atom. The third-order valence-corrected chi connectivity index (χ3v) is 5.77. The first-order chi connectivity index (χ1) is 15.5. The van der Waals surface area contributed by atoms with Gasteiger partial charge in [-0.1, -0.05) is 19.6 Å². The summed E-state index contributed by atoms with van der Waals surface area (Å²) in [6.07, 6.45) is 4.27.